The van der Waals surface area contributed by atoms with Crippen molar-refractivity contribution in [3.63, 3.8) is 0 Å². The van der Waals surface area contributed by atoms with Crippen molar-refractivity contribution in [1.82, 2.24) is 4.90 Å². The van der Waals surface area contributed by atoms with E-state index in [0.29, 0.717) is 26.1 Å². The highest BCUT2D eigenvalue weighted by atomic mass is 16.5. The summed E-state index contributed by atoms with van der Waals surface area (Å²) in [6.45, 7) is 5.43. The van der Waals surface area contributed by atoms with Crippen LogP contribution in [0.15, 0.2) is 24.3 Å². The van der Waals surface area contributed by atoms with E-state index in [9.17, 15) is 10.1 Å². The Kier molecular flexibility index (Phi) is 7.24. The minimum atomic E-state index is -0.642. The molecule has 0 aromatic heterocycles. The summed E-state index contributed by atoms with van der Waals surface area (Å²) in [5.74, 6) is -0.00625. The third-order valence-electron chi connectivity index (χ3n) is 3.54. The van der Waals surface area contributed by atoms with Crippen LogP contribution in [0.1, 0.15) is 20.3 Å². The summed E-state index contributed by atoms with van der Waals surface area (Å²) in [7, 11) is 3.93. The van der Waals surface area contributed by atoms with Gasteiger partial charge >= 0.3 is 0 Å². The number of hydrogen-bond donors (Lipinski definition) is 0. The lowest BCUT2D eigenvalue weighted by Gasteiger charge is -2.21. The molecule has 0 aliphatic heterocycles. The maximum Gasteiger partial charge on any atom is 0.240 e. The molecule has 120 valence electrons. The number of anilines is 1. The van der Waals surface area contributed by atoms with Crippen molar-refractivity contribution in [3.8, 4) is 11.8 Å². The number of benzene rings is 1. The number of carbonyl (C=O) groups excluding carboxylic acids is 1. The van der Waals surface area contributed by atoms with Crippen molar-refractivity contribution < 1.29 is 9.53 Å². The van der Waals surface area contributed by atoms with Gasteiger partial charge in [0, 0.05) is 45.4 Å². The van der Waals surface area contributed by atoms with E-state index in [1.54, 1.807) is 4.90 Å². The molecule has 0 saturated carbocycles. The van der Waals surface area contributed by atoms with Crippen LogP contribution in [0.2, 0.25) is 0 Å². The smallest absolute Gasteiger partial charge is 0.240 e. The summed E-state index contributed by atoms with van der Waals surface area (Å²) in [6.07, 6.45) is 0.401. The van der Waals surface area contributed by atoms with Crippen LogP contribution in [0.5, 0.6) is 5.75 Å². The van der Waals surface area contributed by atoms with Gasteiger partial charge in [-0.05, 0) is 26.0 Å². The van der Waals surface area contributed by atoms with Gasteiger partial charge in [0.15, 0.2) is 0 Å². The molecule has 1 aromatic carbocycles. The zero-order chi connectivity index (χ0) is 16.5. The number of nitrogens with zero attached hydrogens (tertiary/aromatic N) is 3. The third kappa shape index (κ3) is 4.96. The van der Waals surface area contributed by atoms with E-state index < -0.39 is 5.92 Å². The van der Waals surface area contributed by atoms with Gasteiger partial charge in [0.1, 0.15) is 11.7 Å². The van der Waals surface area contributed by atoms with Crippen molar-refractivity contribution in [2.24, 2.45) is 5.92 Å². The molecule has 1 aromatic rings. The Morgan fingerprint density at radius 2 is 2.00 bits per heavy atom. The van der Waals surface area contributed by atoms with Crippen LogP contribution >= 0.6 is 0 Å². The first kappa shape index (κ1) is 17.8. The molecule has 0 fully saturated rings. The Bertz CT molecular complexity index is 519. The summed E-state index contributed by atoms with van der Waals surface area (Å²) in [5.41, 5.74) is 1.05. The molecule has 0 saturated heterocycles. The summed E-state index contributed by atoms with van der Waals surface area (Å²) < 4.78 is 5.68. The quantitative estimate of drug-likeness (QED) is 0.740. The van der Waals surface area contributed by atoms with E-state index in [0.717, 1.165) is 11.4 Å². The normalized spacial score (nSPS) is 11.4. The monoisotopic (exact) mass is 303 g/mol. The van der Waals surface area contributed by atoms with Gasteiger partial charge in [-0.2, -0.15) is 5.26 Å². The van der Waals surface area contributed by atoms with Gasteiger partial charge in [-0.15, -0.1) is 0 Å². The number of rotatable bonds is 8. The fourth-order valence-corrected chi connectivity index (χ4v) is 2.15. The van der Waals surface area contributed by atoms with Gasteiger partial charge in [0.25, 0.3) is 0 Å². The number of hydrogen-bond acceptors (Lipinski definition) is 4. The molecule has 22 heavy (non-hydrogen) atoms. The van der Waals surface area contributed by atoms with Crippen LogP contribution in [0.25, 0.3) is 0 Å². The van der Waals surface area contributed by atoms with Gasteiger partial charge < -0.3 is 14.5 Å². The van der Waals surface area contributed by atoms with E-state index in [-0.39, 0.29) is 5.91 Å². The second-order valence-electron chi connectivity index (χ2n) is 5.22. The summed E-state index contributed by atoms with van der Waals surface area (Å²) in [4.78, 5) is 15.8. The van der Waals surface area contributed by atoms with Crippen molar-refractivity contribution in [2.45, 2.75) is 20.3 Å². The zero-order valence-electron chi connectivity index (χ0n) is 13.9. The Balaban J connectivity index is 2.56. The van der Waals surface area contributed by atoms with Crippen LogP contribution in [0.3, 0.4) is 0 Å². The molecular weight excluding hydrogens is 278 g/mol. The van der Waals surface area contributed by atoms with Crippen LogP contribution in [0, 0.1) is 17.2 Å². The SMILES string of the molecule is CCN(CC)C(=O)C(C#N)CCOc1cccc(N(C)C)c1. The van der Waals surface area contributed by atoms with Gasteiger partial charge in [-0.25, -0.2) is 0 Å². The van der Waals surface area contributed by atoms with Gasteiger partial charge in [0.05, 0.1) is 12.7 Å². The molecule has 0 aliphatic carbocycles. The maximum atomic E-state index is 12.2. The lowest BCUT2D eigenvalue weighted by atomic mass is 10.1. The Morgan fingerprint density at radius 1 is 1.32 bits per heavy atom. The minimum absolute atomic E-state index is 0.113. The Hall–Kier alpha value is -2.22. The molecular formula is C17H25N3O2. The molecule has 5 nitrogen and oxygen atoms in total. The lowest BCUT2D eigenvalue weighted by molar-refractivity contribution is -0.133. The van der Waals surface area contributed by atoms with E-state index in [1.165, 1.54) is 0 Å². The molecule has 1 amide bonds. The predicted octanol–water partition coefficient (Wildman–Crippen LogP) is 2.53. The van der Waals surface area contributed by atoms with Gasteiger partial charge in [0.2, 0.25) is 5.91 Å². The second-order valence-corrected chi connectivity index (χ2v) is 5.22. The van der Waals surface area contributed by atoms with Crippen LogP contribution in [-0.4, -0.2) is 44.6 Å². The molecule has 0 radical (unpaired) electrons. The molecule has 1 unspecified atom stereocenters. The first-order chi connectivity index (χ1) is 10.5. The molecule has 0 N–H and O–H groups in total. The molecule has 1 rings (SSSR count). The Morgan fingerprint density at radius 3 is 2.55 bits per heavy atom. The standard InChI is InChI=1S/C17H25N3O2/c1-5-20(6-2)17(21)14(13-18)10-11-22-16-9-7-8-15(12-16)19(3)4/h7-9,12,14H,5-6,10-11H2,1-4H3. The molecule has 1 atom stereocenters. The average Bonchev–Trinajstić information content (AvgIpc) is 2.53. The summed E-state index contributed by atoms with van der Waals surface area (Å²) in [6, 6.07) is 9.82. The van der Waals surface area contributed by atoms with Crippen molar-refractivity contribution in [1.29, 1.82) is 5.26 Å². The van der Waals surface area contributed by atoms with E-state index in [1.807, 2.05) is 57.1 Å². The van der Waals surface area contributed by atoms with E-state index in [2.05, 4.69) is 6.07 Å². The summed E-state index contributed by atoms with van der Waals surface area (Å²) in [5, 5.41) is 9.19. The number of carbonyl (C=O) groups is 1. The highest BCUT2D eigenvalue weighted by Crippen LogP contribution is 2.20. The number of ether oxygens (including phenoxy) is 1. The van der Waals surface area contributed by atoms with Crippen molar-refractivity contribution >= 4 is 11.6 Å². The highest BCUT2D eigenvalue weighted by molar-refractivity contribution is 5.81. The molecule has 0 heterocycles. The largest absolute Gasteiger partial charge is 0.493 e. The fraction of sp³-hybridized carbons (Fsp3) is 0.529. The second kappa shape index (κ2) is 8.93. The molecule has 0 spiro atoms. The number of nitriles is 1. The third-order valence-corrected chi connectivity index (χ3v) is 3.54. The van der Waals surface area contributed by atoms with Gasteiger partial charge in [-0.3, -0.25) is 4.79 Å². The van der Waals surface area contributed by atoms with Crippen molar-refractivity contribution in [2.75, 3.05) is 38.7 Å². The summed E-state index contributed by atoms with van der Waals surface area (Å²) >= 11 is 0. The van der Waals surface area contributed by atoms with E-state index >= 15 is 0 Å². The van der Waals surface area contributed by atoms with Gasteiger partial charge in [-0.1, -0.05) is 6.07 Å². The molecule has 5 heteroatoms. The highest BCUT2D eigenvalue weighted by Gasteiger charge is 2.22. The van der Waals surface area contributed by atoms with Crippen LogP contribution in [0.4, 0.5) is 5.69 Å². The van der Waals surface area contributed by atoms with Crippen LogP contribution < -0.4 is 9.64 Å². The predicted molar refractivity (Wildman–Crippen MR) is 87.9 cm³/mol. The lowest BCUT2D eigenvalue weighted by Crippen LogP contribution is -2.36. The average molecular weight is 303 g/mol. The first-order valence-electron chi connectivity index (χ1n) is 7.62. The fourth-order valence-electron chi connectivity index (χ4n) is 2.15. The minimum Gasteiger partial charge on any atom is -0.493 e. The topological polar surface area (TPSA) is 56.6 Å². The molecule has 0 bridgehead atoms. The van der Waals surface area contributed by atoms with E-state index in [4.69, 9.17) is 4.74 Å². The maximum absolute atomic E-state index is 12.2. The Labute approximate surface area is 133 Å². The molecule has 0 aliphatic rings. The first-order valence-corrected chi connectivity index (χ1v) is 7.62. The van der Waals surface area contributed by atoms with Crippen molar-refractivity contribution in [3.05, 3.63) is 24.3 Å². The van der Waals surface area contributed by atoms with Crippen LogP contribution in [-0.2, 0) is 4.79 Å². The zero-order valence-corrected chi connectivity index (χ0v) is 13.9. The number of amides is 1.